The molecule has 0 amide bonds. The van der Waals surface area contributed by atoms with Gasteiger partial charge in [0.05, 0.1) is 17.6 Å². The number of hydrogen-bond acceptors (Lipinski definition) is 4. The Morgan fingerprint density at radius 1 is 1.21 bits per heavy atom. The van der Waals surface area contributed by atoms with Crippen molar-refractivity contribution in [2.45, 2.75) is 36.7 Å². The van der Waals surface area contributed by atoms with Gasteiger partial charge in [-0.1, -0.05) is 12.8 Å². The Balaban J connectivity index is 1.74. The number of primary sulfonamides is 1. The Bertz CT molecular complexity index is 493. The van der Waals surface area contributed by atoms with Gasteiger partial charge in [0, 0.05) is 12.2 Å². The fourth-order valence-electron chi connectivity index (χ4n) is 2.24. The van der Waals surface area contributed by atoms with Gasteiger partial charge in [-0.05, 0) is 37.1 Å². The molecule has 0 bridgehead atoms. The van der Waals surface area contributed by atoms with Crippen LogP contribution in [0, 0.1) is 0 Å². The van der Waals surface area contributed by atoms with Gasteiger partial charge in [0.2, 0.25) is 10.0 Å². The molecule has 1 aromatic rings. The lowest BCUT2D eigenvalue weighted by molar-refractivity contribution is 0.0659. The number of anilines is 1. The second-order valence-corrected chi connectivity index (χ2v) is 6.33. The second kappa shape index (κ2) is 6.36. The predicted octanol–water partition coefficient (Wildman–Crippen LogP) is 1.71. The van der Waals surface area contributed by atoms with E-state index in [1.807, 2.05) is 0 Å². The summed E-state index contributed by atoms with van der Waals surface area (Å²) in [5.41, 5.74) is 0.863. The van der Waals surface area contributed by atoms with Crippen molar-refractivity contribution >= 4 is 15.7 Å². The molecule has 0 saturated heterocycles. The lowest BCUT2D eigenvalue weighted by atomic mass is 10.3. The zero-order valence-electron chi connectivity index (χ0n) is 10.8. The average Bonchev–Trinajstić information content (AvgIpc) is 2.87. The van der Waals surface area contributed by atoms with E-state index >= 15 is 0 Å². The molecule has 0 atom stereocenters. The van der Waals surface area contributed by atoms with Crippen LogP contribution in [0.1, 0.15) is 25.7 Å². The molecule has 1 saturated carbocycles. The summed E-state index contributed by atoms with van der Waals surface area (Å²) >= 11 is 0. The normalized spacial score (nSPS) is 16.7. The molecule has 1 fully saturated rings. The number of ether oxygens (including phenoxy) is 1. The molecular weight excluding hydrogens is 264 g/mol. The SMILES string of the molecule is NS(=O)(=O)c1ccc(NCCOC2CCCC2)cc1. The van der Waals surface area contributed by atoms with Gasteiger partial charge < -0.3 is 10.1 Å². The summed E-state index contributed by atoms with van der Waals surface area (Å²) < 4.78 is 27.9. The van der Waals surface area contributed by atoms with Crippen molar-refractivity contribution < 1.29 is 13.2 Å². The van der Waals surface area contributed by atoms with Gasteiger partial charge in [-0.2, -0.15) is 0 Å². The summed E-state index contributed by atoms with van der Waals surface area (Å²) in [6.07, 6.45) is 5.30. The van der Waals surface area contributed by atoms with Crippen LogP contribution in [0.5, 0.6) is 0 Å². The van der Waals surface area contributed by atoms with Crippen molar-refractivity contribution in [1.29, 1.82) is 0 Å². The first-order valence-corrected chi connectivity index (χ1v) is 8.09. The molecular formula is C13H20N2O3S. The molecule has 1 aliphatic rings. The maximum absolute atomic E-state index is 11.1. The Hall–Kier alpha value is -1.11. The summed E-state index contributed by atoms with van der Waals surface area (Å²) in [7, 11) is -3.61. The van der Waals surface area contributed by atoms with Crippen molar-refractivity contribution in [1.82, 2.24) is 0 Å². The Kier molecular flexibility index (Phi) is 4.79. The number of benzene rings is 1. The highest BCUT2D eigenvalue weighted by Gasteiger charge is 2.14. The van der Waals surface area contributed by atoms with Crippen molar-refractivity contribution in [2.75, 3.05) is 18.5 Å². The minimum atomic E-state index is -3.61. The van der Waals surface area contributed by atoms with E-state index in [-0.39, 0.29) is 4.90 Å². The van der Waals surface area contributed by atoms with Crippen LogP contribution in [0.25, 0.3) is 0 Å². The first kappa shape index (κ1) is 14.3. The summed E-state index contributed by atoms with van der Waals surface area (Å²) in [5.74, 6) is 0. The smallest absolute Gasteiger partial charge is 0.238 e. The maximum atomic E-state index is 11.1. The molecule has 1 aromatic carbocycles. The van der Waals surface area contributed by atoms with E-state index in [1.165, 1.54) is 37.8 Å². The molecule has 0 unspecified atom stereocenters. The quantitative estimate of drug-likeness (QED) is 0.779. The number of hydrogen-bond donors (Lipinski definition) is 2. The van der Waals surface area contributed by atoms with Gasteiger partial charge in [-0.25, -0.2) is 13.6 Å². The van der Waals surface area contributed by atoms with Crippen LogP contribution < -0.4 is 10.5 Å². The fourth-order valence-corrected chi connectivity index (χ4v) is 2.75. The van der Waals surface area contributed by atoms with Gasteiger partial charge in [-0.3, -0.25) is 0 Å². The molecule has 1 aliphatic carbocycles. The molecule has 2 rings (SSSR count). The second-order valence-electron chi connectivity index (χ2n) is 4.77. The highest BCUT2D eigenvalue weighted by atomic mass is 32.2. The van der Waals surface area contributed by atoms with Crippen LogP contribution in [-0.4, -0.2) is 27.7 Å². The van der Waals surface area contributed by atoms with Gasteiger partial charge >= 0.3 is 0 Å². The molecule has 5 nitrogen and oxygen atoms in total. The largest absolute Gasteiger partial charge is 0.383 e. The maximum Gasteiger partial charge on any atom is 0.238 e. The molecule has 0 spiro atoms. The van der Waals surface area contributed by atoms with Crippen molar-refractivity contribution in [3.63, 3.8) is 0 Å². The van der Waals surface area contributed by atoms with E-state index in [1.54, 1.807) is 12.1 Å². The van der Waals surface area contributed by atoms with Gasteiger partial charge in [-0.15, -0.1) is 0 Å². The zero-order chi connectivity index (χ0) is 13.7. The van der Waals surface area contributed by atoms with Crippen LogP contribution >= 0.6 is 0 Å². The minimum absolute atomic E-state index is 0.125. The summed E-state index contributed by atoms with van der Waals surface area (Å²) in [4.78, 5) is 0.125. The van der Waals surface area contributed by atoms with Gasteiger partial charge in [0.15, 0.2) is 0 Å². The highest BCUT2D eigenvalue weighted by Crippen LogP contribution is 2.20. The topological polar surface area (TPSA) is 81.4 Å². The summed E-state index contributed by atoms with van der Waals surface area (Å²) in [5, 5.41) is 8.22. The highest BCUT2D eigenvalue weighted by molar-refractivity contribution is 7.89. The fraction of sp³-hybridized carbons (Fsp3) is 0.538. The van der Waals surface area contributed by atoms with Crippen LogP contribution in [0.2, 0.25) is 0 Å². The van der Waals surface area contributed by atoms with Crippen molar-refractivity contribution in [3.05, 3.63) is 24.3 Å². The Labute approximate surface area is 114 Å². The van der Waals surface area contributed by atoms with Crippen molar-refractivity contribution in [3.8, 4) is 0 Å². The standard InChI is InChI=1S/C13H20N2O3S/c14-19(16,17)13-7-5-11(6-8-13)15-9-10-18-12-3-1-2-4-12/h5-8,12,15H,1-4,9-10H2,(H2,14,16,17). The zero-order valence-corrected chi connectivity index (χ0v) is 11.7. The number of rotatable bonds is 6. The Morgan fingerprint density at radius 3 is 2.42 bits per heavy atom. The monoisotopic (exact) mass is 284 g/mol. The first-order chi connectivity index (χ1) is 9.05. The summed E-state index contributed by atoms with van der Waals surface area (Å²) in [6.45, 7) is 1.38. The third-order valence-corrected chi connectivity index (χ3v) is 4.20. The van der Waals surface area contributed by atoms with E-state index in [0.717, 1.165) is 5.69 Å². The average molecular weight is 284 g/mol. The molecule has 0 radical (unpaired) electrons. The first-order valence-electron chi connectivity index (χ1n) is 6.54. The molecule has 0 aromatic heterocycles. The lowest BCUT2D eigenvalue weighted by Gasteiger charge is -2.12. The van der Waals surface area contributed by atoms with Crippen LogP contribution in [-0.2, 0) is 14.8 Å². The molecule has 0 heterocycles. The number of sulfonamides is 1. The number of nitrogens with two attached hydrogens (primary N) is 1. The van der Waals surface area contributed by atoms with E-state index in [2.05, 4.69) is 5.32 Å². The molecule has 19 heavy (non-hydrogen) atoms. The van der Waals surface area contributed by atoms with Crippen LogP contribution in [0.15, 0.2) is 29.2 Å². The third kappa shape index (κ3) is 4.49. The van der Waals surface area contributed by atoms with Crippen LogP contribution in [0.3, 0.4) is 0 Å². The number of nitrogens with one attached hydrogen (secondary N) is 1. The van der Waals surface area contributed by atoms with E-state index in [9.17, 15) is 8.42 Å². The third-order valence-electron chi connectivity index (χ3n) is 3.27. The molecule has 6 heteroatoms. The van der Waals surface area contributed by atoms with E-state index < -0.39 is 10.0 Å². The minimum Gasteiger partial charge on any atom is -0.383 e. The van der Waals surface area contributed by atoms with Gasteiger partial charge in [0.25, 0.3) is 0 Å². The molecule has 3 N–H and O–H groups in total. The van der Waals surface area contributed by atoms with Gasteiger partial charge in [0.1, 0.15) is 0 Å². The molecule has 0 aliphatic heterocycles. The predicted molar refractivity (Wildman–Crippen MR) is 74.5 cm³/mol. The lowest BCUT2D eigenvalue weighted by Crippen LogP contribution is -2.15. The van der Waals surface area contributed by atoms with Crippen molar-refractivity contribution in [2.24, 2.45) is 5.14 Å². The van der Waals surface area contributed by atoms with Crippen LogP contribution in [0.4, 0.5) is 5.69 Å². The Morgan fingerprint density at radius 2 is 1.84 bits per heavy atom. The van der Waals surface area contributed by atoms with E-state index in [4.69, 9.17) is 9.88 Å². The summed E-state index contributed by atoms with van der Waals surface area (Å²) in [6, 6.07) is 6.40. The van der Waals surface area contributed by atoms with E-state index in [0.29, 0.717) is 19.3 Å². The molecule has 106 valence electrons.